The summed E-state index contributed by atoms with van der Waals surface area (Å²) >= 11 is 0. The minimum absolute atomic E-state index is 0.0782. The maximum Gasteiger partial charge on any atom is 0.253 e. The first-order valence-electron chi connectivity index (χ1n) is 7.23. The lowest BCUT2D eigenvalue weighted by molar-refractivity contribution is -0.119. The minimum atomic E-state index is -0.472. The van der Waals surface area contributed by atoms with Gasteiger partial charge in [-0.05, 0) is 38.8 Å². The first-order chi connectivity index (χ1) is 9.79. The van der Waals surface area contributed by atoms with E-state index < -0.39 is 5.54 Å². The van der Waals surface area contributed by atoms with E-state index in [0.717, 1.165) is 12.8 Å². The number of carbonyl (C=O) groups excluding carboxylic acids is 2. The third-order valence-corrected chi connectivity index (χ3v) is 3.47. The molecule has 0 saturated heterocycles. The van der Waals surface area contributed by atoms with Crippen LogP contribution in [0.3, 0.4) is 0 Å². The Morgan fingerprint density at radius 2 is 1.95 bits per heavy atom. The molecule has 3 N–H and O–H groups in total. The van der Waals surface area contributed by atoms with E-state index in [2.05, 4.69) is 5.32 Å². The number of nitrogens with one attached hydrogen (secondary N) is 1. The third-order valence-electron chi connectivity index (χ3n) is 3.47. The molecule has 1 fully saturated rings. The predicted octanol–water partition coefficient (Wildman–Crippen LogP) is 1.53. The molecule has 5 nitrogen and oxygen atoms in total. The Hall–Kier alpha value is -1.88. The number of benzene rings is 1. The Bertz CT molecular complexity index is 545. The smallest absolute Gasteiger partial charge is 0.253 e. The van der Waals surface area contributed by atoms with E-state index in [0.29, 0.717) is 17.8 Å². The number of hydrogen-bond donors (Lipinski definition) is 2. The van der Waals surface area contributed by atoms with Crippen molar-refractivity contribution in [2.45, 2.75) is 32.2 Å². The second-order valence-electron chi connectivity index (χ2n) is 6.36. The van der Waals surface area contributed by atoms with E-state index in [-0.39, 0.29) is 17.7 Å². The maximum absolute atomic E-state index is 12.3. The molecule has 21 heavy (non-hydrogen) atoms. The molecule has 1 aromatic carbocycles. The summed E-state index contributed by atoms with van der Waals surface area (Å²) < 4.78 is 0. The Morgan fingerprint density at radius 3 is 2.52 bits per heavy atom. The van der Waals surface area contributed by atoms with Crippen LogP contribution in [0.15, 0.2) is 24.3 Å². The van der Waals surface area contributed by atoms with E-state index in [1.54, 1.807) is 30.1 Å². The van der Waals surface area contributed by atoms with Gasteiger partial charge in [-0.3, -0.25) is 9.59 Å². The van der Waals surface area contributed by atoms with Crippen molar-refractivity contribution < 1.29 is 9.59 Å². The quantitative estimate of drug-likeness (QED) is 0.863. The molecule has 0 spiro atoms. The van der Waals surface area contributed by atoms with Gasteiger partial charge in [0.05, 0.1) is 11.3 Å². The molecule has 1 aliphatic rings. The lowest BCUT2D eigenvalue weighted by Crippen LogP contribution is -2.45. The normalized spacial score (nSPS) is 14.7. The van der Waals surface area contributed by atoms with E-state index in [1.165, 1.54) is 0 Å². The van der Waals surface area contributed by atoms with Gasteiger partial charge in [-0.2, -0.15) is 0 Å². The molecule has 2 rings (SSSR count). The van der Waals surface area contributed by atoms with Crippen LogP contribution in [0, 0.1) is 5.92 Å². The number of hydrogen-bond acceptors (Lipinski definition) is 3. The van der Waals surface area contributed by atoms with Crippen LogP contribution in [0.5, 0.6) is 0 Å². The summed E-state index contributed by atoms with van der Waals surface area (Å²) in [5.41, 5.74) is 6.54. The van der Waals surface area contributed by atoms with Gasteiger partial charge < -0.3 is 16.0 Å². The molecule has 0 unspecified atom stereocenters. The lowest BCUT2D eigenvalue weighted by atomic mass is 10.1. The summed E-state index contributed by atoms with van der Waals surface area (Å²) in [5, 5.41) is 2.82. The van der Waals surface area contributed by atoms with Crippen LogP contribution in [-0.2, 0) is 4.79 Å². The van der Waals surface area contributed by atoms with E-state index in [4.69, 9.17) is 5.73 Å². The van der Waals surface area contributed by atoms with Gasteiger partial charge in [0.1, 0.15) is 0 Å². The molecule has 0 aliphatic heterocycles. The van der Waals surface area contributed by atoms with E-state index in [9.17, 15) is 9.59 Å². The average Bonchev–Trinajstić information content (AvgIpc) is 3.27. The van der Waals surface area contributed by atoms with Gasteiger partial charge in [-0.1, -0.05) is 12.1 Å². The van der Waals surface area contributed by atoms with Gasteiger partial charge in [0.15, 0.2) is 0 Å². The monoisotopic (exact) mass is 289 g/mol. The fourth-order valence-corrected chi connectivity index (χ4v) is 2.08. The molecule has 114 valence electrons. The zero-order valence-corrected chi connectivity index (χ0v) is 12.8. The fraction of sp³-hybridized carbons (Fsp3) is 0.500. The zero-order chi connectivity index (χ0) is 15.6. The highest BCUT2D eigenvalue weighted by Crippen LogP contribution is 2.33. The first kappa shape index (κ1) is 15.5. The Morgan fingerprint density at radius 1 is 1.33 bits per heavy atom. The van der Waals surface area contributed by atoms with Gasteiger partial charge in [-0.15, -0.1) is 0 Å². The predicted molar refractivity (Wildman–Crippen MR) is 83.2 cm³/mol. The van der Waals surface area contributed by atoms with Crippen molar-refractivity contribution in [1.82, 2.24) is 5.32 Å². The second-order valence-corrected chi connectivity index (χ2v) is 6.36. The molecule has 1 aromatic rings. The number of nitrogens with two attached hydrogens (primary N) is 1. The van der Waals surface area contributed by atoms with Crippen molar-refractivity contribution in [3.8, 4) is 0 Å². The maximum atomic E-state index is 12.3. The summed E-state index contributed by atoms with van der Waals surface area (Å²) in [6.45, 7) is 4.07. The van der Waals surface area contributed by atoms with Crippen LogP contribution in [0.25, 0.3) is 0 Å². The Balaban J connectivity index is 2.16. The van der Waals surface area contributed by atoms with Gasteiger partial charge in [0, 0.05) is 25.0 Å². The van der Waals surface area contributed by atoms with Crippen molar-refractivity contribution in [1.29, 1.82) is 0 Å². The van der Waals surface area contributed by atoms with Crippen LogP contribution in [0.4, 0.5) is 5.69 Å². The molecule has 1 saturated carbocycles. The van der Waals surface area contributed by atoms with Crippen molar-refractivity contribution in [3.63, 3.8) is 0 Å². The van der Waals surface area contributed by atoms with Gasteiger partial charge >= 0.3 is 0 Å². The summed E-state index contributed by atoms with van der Waals surface area (Å²) in [5.74, 6) is -0.0110. The second kappa shape index (κ2) is 5.85. The molecule has 0 radical (unpaired) electrons. The number of anilines is 1. The molecular formula is C16H23N3O2. The molecule has 5 heteroatoms. The average molecular weight is 289 g/mol. The number of nitrogens with zero attached hydrogens (tertiary/aromatic N) is 1. The van der Waals surface area contributed by atoms with Crippen LogP contribution in [0.2, 0.25) is 0 Å². The van der Waals surface area contributed by atoms with Crippen molar-refractivity contribution in [3.05, 3.63) is 29.8 Å². The van der Waals surface area contributed by atoms with Crippen molar-refractivity contribution >= 4 is 17.5 Å². The molecule has 1 aliphatic carbocycles. The molecule has 0 heterocycles. The van der Waals surface area contributed by atoms with Crippen LogP contribution in [0.1, 0.15) is 37.0 Å². The highest BCUT2D eigenvalue weighted by atomic mass is 16.2. The number of carbonyl (C=O) groups is 2. The highest BCUT2D eigenvalue weighted by molar-refractivity contribution is 6.05. The van der Waals surface area contributed by atoms with Crippen LogP contribution in [-0.4, -0.2) is 30.9 Å². The lowest BCUT2D eigenvalue weighted by Gasteiger charge is -2.22. The highest BCUT2D eigenvalue weighted by Gasteiger charge is 2.33. The number of rotatable bonds is 5. The Labute approximate surface area is 125 Å². The first-order valence-corrected chi connectivity index (χ1v) is 7.23. The summed E-state index contributed by atoms with van der Waals surface area (Å²) in [6.07, 6.45) is 1.89. The molecule has 0 bridgehead atoms. The zero-order valence-electron chi connectivity index (χ0n) is 12.8. The number of amides is 2. The van der Waals surface area contributed by atoms with Gasteiger partial charge in [0.25, 0.3) is 5.91 Å². The van der Waals surface area contributed by atoms with Crippen LogP contribution < -0.4 is 16.0 Å². The fourth-order valence-electron chi connectivity index (χ4n) is 2.08. The summed E-state index contributed by atoms with van der Waals surface area (Å²) in [7, 11) is 1.72. The topological polar surface area (TPSA) is 75.4 Å². The van der Waals surface area contributed by atoms with Crippen molar-refractivity contribution in [2.75, 3.05) is 18.5 Å². The van der Waals surface area contributed by atoms with E-state index in [1.807, 2.05) is 19.9 Å². The summed E-state index contributed by atoms with van der Waals surface area (Å²) in [4.78, 5) is 26.1. The standard InChI is InChI=1S/C16H23N3O2/c1-16(2,17)10-18-14(20)12-6-4-5-7-13(12)19(3)15(21)11-8-9-11/h4-7,11H,8-10,17H2,1-3H3,(H,18,20). The largest absolute Gasteiger partial charge is 0.350 e. The van der Waals surface area contributed by atoms with Gasteiger partial charge in [-0.25, -0.2) is 0 Å². The molecule has 2 amide bonds. The van der Waals surface area contributed by atoms with Crippen molar-refractivity contribution in [2.24, 2.45) is 11.7 Å². The third kappa shape index (κ3) is 4.04. The molecule has 0 atom stereocenters. The number of para-hydroxylation sites is 1. The van der Waals surface area contributed by atoms with Crippen LogP contribution >= 0.6 is 0 Å². The summed E-state index contributed by atoms with van der Waals surface area (Å²) in [6, 6.07) is 7.14. The SMILES string of the molecule is CN(C(=O)C1CC1)c1ccccc1C(=O)NCC(C)(C)N. The Kier molecular flexibility index (Phi) is 4.32. The van der Waals surface area contributed by atoms with E-state index >= 15 is 0 Å². The minimum Gasteiger partial charge on any atom is -0.350 e. The van der Waals surface area contributed by atoms with Gasteiger partial charge in [0.2, 0.25) is 5.91 Å². The molecular weight excluding hydrogens is 266 g/mol. The molecule has 0 aromatic heterocycles.